The second kappa shape index (κ2) is 7.48. The number of aryl methyl sites for hydroxylation is 1. The first-order valence-electron chi connectivity index (χ1n) is 7.83. The molecule has 0 unspecified atom stereocenters. The molecular weight excluding hydrogens is 250 g/mol. The van der Waals surface area contributed by atoms with E-state index in [4.69, 9.17) is 5.73 Å². The van der Waals surface area contributed by atoms with E-state index in [0.29, 0.717) is 5.69 Å². The van der Waals surface area contributed by atoms with E-state index in [1.807, 2.05) is 0 Å². The minimum atomic E-state index is 0.0383. The number of pyridine rings is 1. The zero-order valence-corrected chi connectivity index (χ0v) is 12.6. The second-order valence-corrected chi connectivity index (χ2v) is 5.97. The number of nitrogens with zero attached hydrogens (tertiary/aromatic N) is 2. The van der Waals surface area contributed by atoms with Crippen LogP contribution in [0.25, 0.3) is 0 Å². The normalized spacial score (nSPS) is 17.3. The Balaban J connectivity index is 1.79. The highest BCUT2D eigenvalue weighted by Crippen LogP contribution is 2.21. The fourth-order valence-corrected chi connectivity index (χ4v) is 3.10. The summed E-state index contributed by atoms with van der Waals surface area (Å²) < 4.78 is 1.72. The zero-order valence-electron chi connectivity index (χ0n) is 12.6. The van der Waals surface area contributed by atoms with Crippen LogP contribution in [0.5, 0.6) is 0 Å². The van der Waals surface area contributed by atoms with Crippen LogP contribution in [0, 0.1) is 0 Å². The summed E-state index contributed by atoms with van der Waals surface area (Å²) in [6.45, 7) is 1.80. The topological polar surface area (TPSA) is 51.3 Å². The lowest BCUT2D eigenvalue weighted by Crippen LogP contribution is -2.33. The summed E-state index contributed by atoms with van der Waals surface area (Å²) in [5, 5.41) is 0. The molecule has 1 saturated carbocycles. The van der Waals surface area contributed by atoms with Gasteiger partial charge < -0.3 is 15.2 Å². The van der Waals surface area contributed by atoms with Crippen molar-refractivity contribution in [3.05, 3.63) is 28.7 Å². The molecule has 0 amide bonds. The molecule has 20 heavy (non-hydrogen) atoms. The van der Waals surface area contributed by atoms with Gasteiger partial charge in [0.15, 0.2) is 0 Å². The molecule has 1 aliphatic rings. The third kappa shape index (κ3) is 4.37. The maximum atomic E-state index is 11.7. The van der Waals surface area contributed by atoms with E-state index in [9.17, 15) is 4.79 Å². The van der Waals surface area contributed by atoms with Crippen molar-refractivity contribution in [3.8, 4) is 0 Å². The van der Waals surface area contributed by atoms with Gasteiger partial charge in [0.1, 0.15) is 0 Å². The van der Waals surface area contributed by atoms with Gasteiger partial charge in [-0.05, 0) is 38.9 Å². The van der Waals surface area contributed by atoms with Gasteiger partial charge in [-0.15, -0.1) is 0 Å². The first kappa shape index (κ1) is 15.1. The van der Waals surface area contributed by atoms with Crippen molar-refractivity contribution >= 4 is 5.69 Å². The SMILES string of the molecule is CN(CCCn1cc(N)ccc1=O)C1CCCCCC1. The Kier molecular flexibility index (Phi) is 5.65. The van der Waals surface area contributed by atoms with Crippen molar-refractivity contribution in [1.82, 2.24) is 9.47 Å². The monoisotopic (exact) mass is 277 g/mol. The van der Waals surface area contributed by atoms with Crippen LogP contribution in [-0.4, -0.2) is 29.1 Å². The minimum absolute atomic E-state index is 0.0383. The lowest BCUT2D eigenvalue weighted by molar-refractivity contribution is 0.215. The van der Waals surface area contributed by atoms with Gasteiger partial charge in [0.25, 0.3) is 5.56 Å². The minimum Gasteiger partial charge on any atom is -0.398 e. The molecule has 0 atom stereocenters. The van der Waals surface area contributed by atoms with E-state index in [1.165, 1.54) is 38.5 Å². The average Bonchev–Trinajstić information content (AvgIpc) is 2.71. The predicted octanol–water partition coefficient (Wildman–Crippen LogP) is 2.48. The summed E-state index contributed by atoms with van der Waals surface area (Å²) in [7, 11) is 2.22. The van der Waals surface area contributed by atoms with Gasteiger partial charge in [0, 0.05) is 30.5 Å². The Hall–Kier alpha value is -1.29. The van der Waals surface area contributed by atoms with Gasteiger partial charge in [-0.3, -0.25) is 4.79 Å². The maximum absolute atomic E-state index is 11.7. The highest BCUT2D eigenvalue weighted by atomic mass is 16.1. The molecule has 0 spiro atoms. The van der Waals surface area contributed by atoms with Crippen molar-refractivity contribution in [1.29, 1.82) is 0 Å². The van der Waals surface area contributed by atoms with Crippen LogP contribution >= 0.6 is 0 Å². The van der Waals surface area contributed by atoms with E-state index in [-0.39, 0.29) is 5.56 Å². The molecule has 4 nitrogen and oxygen atoms in total. The first-order valence-corrected chi connectivity index (χ1v) is 7.83. The number of anilines is 1. The molecule has 0 saturated heterocycles. The largest absolute Gasteiger partial charge is 0.398 e. The lowest BCUT2D eigenvalue weighted by Gasteiger charge is -2.27. The Bertz CT molecular complexity index is 461. The molecule has 2 N–H and O–H groups in total. The molecule has 0 bridgehead atoms. The Morgan fingerprint density at radius 2 is 1.95 bits per heavy atom. The van der Waals surface area contributed by atoms with Gasteiger partial charge in [0.2, 0.25) is 0 Å². The number of aromatic nitrogens is 1. The van der Waals surface area contributed by atoms with Crippen molar-refractivity contribution in [3.63, 3.8) is 0 Å². The van der Waals surface area contributed by atoms with Crippen LogP contribution in [0.15, 0.2) is 23.1 Å². The average molecular weight is 277 g/mol. The number of nitrogen functional groups attached to an aromatic ring is 1. The van der Waals surface area contributed by atoms with Crippen LogP contribution in [0.2, 0.25) is 0 Å². The highest BCUT2D eigenvalue weighted by Gasteiger charge is 2.16. The highest BCUT2D eigenvalue weighted by molar-refractivity contribution is 5.33. The summed E-state index contributed by atoms with van der Waals surface area (Å²) in [6.07, 6.45) is 10.9. The first-order chi connectivity index (χ1) is 9.66. The van der Waals surface area contributed by atoms with Crippen molar-refractivity contribution in [2.75, 3.05) is 19.3 Å². The van der Waals surface area contributed by atoms with E-state index >= 15 is 0 Å². The molecule has 1 aliphatic carbocycles. The standard InChI is InChI=1S/C16H27N3O/c1-18(15-7-4-2-3-5-8-15)11-6-12-19-13-14(17)9-10-16(19)20/h9-10,13,15H,2-8,11-12,17H2,1H3. The van der Waals surface area contributed by atoms with Gasteiger partial charge in [-0.1, -0.05) is 25.7 Å². The van der Waals surface area contributed by atoms with Gasteiger partial charge in [0.05, 0.1) is 0 Å². The Morgan fingerprint density at radius 3 is 2.65 bits per heavy atom. The fourth-order valence-electron chi connectivity index (χ4n) is 3.10. The third-order valence-corrected chi connectivity index (χ3v) is 4.36. The predicted molar refractivity (Wildman–Crippen MR) is 83.9 cm³/mol. The van der Waals surface area contributed by atoms with E-state index in [0.717, 1.165) is 25.6 Å². The fraction of sp³-hybridized carbons (Fsp3) is 0.688. The molecular formula is C16H27N3O. The molecule has 112 valence electrons. The second-order valence-electron chi connectivity index (χ2n) is 5.97. The number of nitrogens with two attached hydrogens (primary N) is 1. The molecule has 0 aliphatic heterocycles. The molecule has 1 aromatic rings. The van der Waals surface area contributed by atoms with Crippen LogP contribution in [0.3, 0.4) is 0 Å². The number of hydrogen-bond donors (Lipinski definition) is 1. The Labute approximate surface area is 121 Å². The lowest BCUT2D eigenvalue weighted by atomic mass is 10.1. The summed E-state index contributed by atoms with van der Waals surface area (Å²) in [6, 6.07) is 3.94. The van der Waals surface area contributed by atoms with Crippen molar-refractivity contribution in [2.45, 2.75) is 57.5 Å². The number of rotatable bonds is 5. The summed E-state index contributed by atoms with van der Waals surface area (Å²) in [5.41, 5.74) is 6.42. The smallest absolute Gasteiger partial charge is 0.250 e. The molecule has 1 fully saturated rings. The Morgan fingerprint density at radius 1 is 1.25 bits per heavy atom. The summed E-state index contributed by atoms with van der Waals surface area (Å²) >= 11 is 0. The van der Waals surface area contributed by atoms with Crippen LogP contribution in [0.4, 0.5) is 5.69 Å². The molecule has 4 heteroatoms. The van der Waals surface area contributed by atoms with Gasteiger partial charge in [-0.25, -0.2) is 0 Å². The van der Waals surface area contributed by atoms with E-state index in [2.05, 4.69) is 11.9 Å². The van der Waals surface area contributed by atoms with Crippen LogP contribution in [0.1, 0.15) is 44.9 Å². The number of hydrogen-bond acceptors (Lipinski definition) is 3. The zero-order chi connectivity index (χ0) is 14.4. The molecule has 0 radical (unpaired) electrons. The molecule has 0 aromatic carbocycles. The molecule has 1 heterocycles. The maximum Gasteiger partial charge on any atom is 0.250 e. The molecule has 1 aromatic heterocycles. The summed E-state index contributed by atoms with van der Waals surface area (Å²) in [5.74, 6) is 0. The van der Waals surface area contributed by atoms with Crippen molar-refractivity contribution in [2.24, 2.45) is 0 Å². The van der Waals surface area contributed by atoms with Gasteiger partial charge >= 0.3 is 0 Å². The van der Waals surface area contributed by atoms with E-state index < -0.39 is 0 Å². The summed E-state index contributed by atoms with van der Waals surface area (Å²) in [4.78, 5) is 14.2. The van der Waals surface area contributed by atoms with Gasteiger partial charge in [-0.2, -0.15) is 0 Å². The van der Waals surface area contributed by atoms with Crippen LogP contribution in [-0.2, 0) is 6.54 Å². The van der Waals surface area contributed by atoms with Crippen molar-refractivity contribution < 1.29 is 0 Å². The van der Waals surface area contributed by atoms with Crippen LogP contribution < -0.4 is 11.3 Å². The molecule has 2 rings (SSSR count). The third-order valence-electron chi connectivity index (χ3n) is 4.36. The van der Waals surface area contributed by atoms with E-state index in [1.54, 1.807) is 22.9 Å². The quantitative estimate of drug-likeness (QED) is 0.841.